The monoisotopic (exact) mass is 226 g/mol. The number of aliphatic hydroxyl groups excluding tert-OH is 1. The molecule has 1 aliphatic heterocycles. The molecule has 15 heavy (non-hydrogen) atoms. The molecule has 0 radical (unpaired) electrons. The van der Waals surface area contributed by atoms with Crippen LogP contribution < -0.4 is 0 Å². The molecular formula is C11H18N2OS. The first kappa shape index (κ1) is 11.0. The Bertz CT molecular complexity index is 305. The topological polar surface area (TPSA) is 36.4 Å². The van der Waals surface area contributed by atoms with Gasteiger partial charge in [-0.05, 0) is 32.9 Å². The van der Waals surface area contributed by atoms with Gasteiger partial charge in [0.2, 0.25) is 0 Å². The quantitative estimate of drug-likeness (QED) is 0.851. The molecule has 1 atom stereocenters. The van der Waals surface area contributed by atoms with Gasteiger partial charge >= 0.3 is 0 Å². The number of nitrogens with zero attached hydrogens (tertiary/aromatic N) is 2. The minimum absolute atomic E-state index is 0.372. The lowest BCUT2D eigenvalue weighted by atomic mass is 10.4. The second-order valence-corrected chi connectivity index (χ2v) is 5.28. The highest BCUT2D eigenvalue weighted by Crippen LogP contribution is 2.21. The van der Waals surface area contributed by atoms with Crippen LogP contribution in [0.2, 0.25) is 0 Å². The van der Waals surface area contributed by atoms with E-state index < -0.39 is 0 Å². The first-order valence-corrected chi connectivity index (χ1v) is 6.42. The molecule has 0 saturated carbocycles. The van der Waals surface area contributed by atoms with Gasteiger partial charge < -0.3 is 10.0 Å². The third-order valence-corrected chi connectivity index (χ3v) is 4.05. The predicted molar refractivity (Wildman–Crippen MR) is 62.1 cm³/mol. The summed E-state index contributed by atoms with van der Waals surface area (Å²) >= 11 is 1.64. The smallest absolute Gasteiger partial charge is 0.0941 e. The fraction of sp³-hybridized carbons (Fsp3) is 0.727. The second-order valence-electron chi connectivity index (χ2n) is 4.13. The highest BCUT2D eigenvalue weighted by atomic mass is 32.1. The number of hydrogen-bond donors (Lipinski definition) is 1. The molecule has 0 amide bonds. The van der Waals surface area contributed by atoms with Crippen LogP contribution in [-0.4, -0.2) is 34.6 Å². The normalized spacial score (nSPS) is 19.6. The van der Waals surface area contributed by atoms with E-state index in [2.05, 4.69) is 9.88 Å². The minimum atomic E-state index is -0.372. The Morgan fingerprint density at radius 3 is 2.87 bits per heavy atom. The molecule has 1 saturated heterocycles. The lowest BCUT2D eigenvalue weighted by Crippen LogP contribution is -2.21. The molecule has 0 aliphatic carbocycles. The Balaban J connectivity index is 1.82. The zero-order valence-corrected chi connectivity index (χ0v) is 9.96. The number of aromatic nitrogens is 1. The maximum atomic E-state index is 9.38. The number of hydrogen-bond acceptors (Lipinski definition) is 4. The van der Waals surface area contributed by atoms with E-state index in [9.17, 15) is 5.11 Å². The maximum absolute atomic E-state index is 9.38. The van der Waals surface area contributed by atoms with Gasteiger partial charge in [-0.25, -0.2) is 4.98 Å². The van der Waals surface area contributed by atoms with Gasteiger partial charge in [0.05, 0.1) is 16.0 Å². The molecule has 1 aliphatic rings. The van der Waals surface area contributed by atoms with Gasteiger partial charge in [-0.3, -0.25) is 0 Å². The number of thiazole rings is 1. The molecule has 3 nitrogen and oxygen atoms in total. The van der Waals surface area contributed by atoms with Gasteiger partial charge in [-0.15, -0.1) is 11.3 Å². The first-order chi connectivity index (χ1) is 7.25. The van der Waals surface area contributed by atoms with Gasteiger partial charge in [-0.2, -0.15) is 0 Å². The lowest BCUT2D eigenvalue weighted by molar-refractivity contribution is 0.203. The maximum Gasteiger partial charge on any atom is 0.0941 e. The van der Waals surface area contributed by atoms with Crippen LogP contribution >= 0.6 is 11.3 Å². The largest absolute Gasteiger partial charge is 0.388 e. The van der Waals surface area contributed by atoms with Crippen LogP contribution in [0.1, 0.15) is 35.8 Å². The average molecular weight is 226 g/mol. The Morgan fingerprint density at radius 2 is 2.27 bits per heavy atom. The van der Waals surface area contributed by atoms with Crippen molar-refractivity contribution in [2.24, 2.45) is 0 Å². The van der Waals surface area contributed by atoms with Crippen molar-refractivity contribution in [2.75, 3.05) is 19.6 Å². The van der Waals surface area contributed by atoms with Crippen LogP contribution in [0.3, 0.4) is 0 Å². The van der Waals surface area contributed by atoms with Gasteiger partial charge in [0, 0.05) is 19.2 Å². The van der Waals surface area contributed by atoms with Crippen LogP contribution in [0.15, 0.2) is 6.20 Å². The van der Waals surface area contributed by atoms with Crippen LogP contribution in [0, 0.1) is 0 Å². The Labute approximate surface area is 94.8 Å². The van der Waals surface area contributed by atoms with Crippen molar-refractivity contribution in [3.63, 3.8) is 0 Å². The van der Waals surface area contributed by atoms with E-state index in [4.69, 9.17) is 0 Å². The summed E-state index contributed by atoms with van der Waals surface area (Å²) in [5.41, 5.74) is 0. The van der Waals surface area contributed by atoms with Crippen molar-refractivity contribution < 1.29 is 5.11 Å². The standard InChI is InChI=1S/C11H18N2OS/c1-9(14)10-8-12-11(15-10)4-7-13-5-2-3-6-13/h8-9,14H,2-7H2,1H3. The Kier molecular flexibility index (Phi) is 3.72. The summed E-state index contributed by atoms with van der Waals surface area (Å²) in [7, 11) is 0. The van der Waals surface area contributed by atoms with Crippen LogP contribution in [0.5, 0.6) is 0 Å². The minimum Gasteiger partial charge on any atom is -0.388 e. The molecule has 0 spiro atoms. The highest BCUT2D eigenvalue weighted by Gasteiger charge is 2.12. The zero-order chi connectivity index (χ0) is 10.7. The summed E-state index contributed by atoms with van der Waals surface area (Å²) in [5.74, 6) is 0. The molecular weight excluding hydrogens is 208 g/mol. The van der Waals surface area contributed by atoms with Crippen molar-refractivity contribution in [1.82, 2.24) is 9.88 Å². The van der Waals surface area contributed by atoms with Crippen molar-refractivity contribution in [3.05, 3.63) is 16.1 Å². The SMILES string of the molecule is CC(O)c1cnc(CCN2CCCC2)s1. The van der Waals surface area contributed by atoms with E-state index in [1.165, 1.54) is 25.9 Å². The van der Waals surface area contributed by atoms with Gasteiger partial charge in [-0.1, -0.05) is 0 Å². The average Bonchev–Trinajstić information content (AvgIpc) is 2.86. The highest BCUT2D eigenvalue weighted by molar-refractivity contribution is 7.11. The first-order valence-electron chi connectivity index (χ1n) is 5.61. The molecule has 1 aromatic rings. The molecule has 0 bridgehead atoms. The fourth-order valence-corrected chi connectivity index (χ4v) is 2.74. The van der Waals surface area contributed by atoms with Crippen molar-refractivity contribution in [1.29, 1.82) is 0 Å². The molecule has 1 N–H and O–H groups in total. The molecule has 84 valence electrons. The molecule has 1 unspecified atom stereocenters. The number of rotatable bonds is 4. The fourth-order valence-electron chi connectivity index (χ4n) is 1.89. The number of likely N-dealkylation sites (tertiary alicyclic amines) is 1. The van der Waals surface area contributed by atoms with Crippen molar-refractivity contribution >= 4 is 11.3 Å². The Morgan fingerprint density at radius 1 is 1.53 bits per heavy atom. The summed E-state index contributed by atoms with van der Waals surface area (Å²) < 4.78 is 0. The van der Waals surface area contributed by atoms with Crippen LogP contribution in [0.25, 0.3) is 0 Å². The van der Waals surface area contributed by atoms with Gasteiger partial charge in [0.1, 0.15) is 0 Å². The van der Waals surface area contributed by atoms with Crippen LogP contribution in [0.4, 0.5) is 0 Å². The molecule has 2 rings (SSSR count). The molecule has 1 aromatic heterocycles. The molecule has 2 heterocycles. The van der Waals surface area contributed by atoms with Crippen LogP contribution in [-0.2, 0) is 6.42 Å². The lowest BCUT2D eigenvalue weighted by Gasteiger charge is -2.12. The summed E-state index contributed by atoms with van der Waals surface area (Å²) in [5, 5.41) is 10.5. The van der Waals surface area contributed by atoms with E-state index in [0.29, 0.717) is 0 Å². The third kappa shape index (κ3) is 3.00. The molecule has 4 heteroatoms. The Hall–Kier alpha value is -0.450. The molecule has 0 aromatic carbocycles. The summed E-state index contributed by atoms with van der Waals surface area (Å²) in [6.07, 6.45) is 5.14. The zero-order valence-electron chi connectivity index (χ0n) is 9.15. The van der Waals surface area contributed by atoms with Crippen molar-refractivity contribution in [2.45, 2.75) is 32.3 Å². The van der Waals surface area contributed by atoms with Gasteiger partial charge in [0.15, 0.2) is 0 Å². The van der Waals surface area contributed by atoms with Gasteiger partial charge in [0.25, 0.3) is 0 Å². The summed E-state index contributed by atoms with van der Waals surface area (Å²) in [4.78, 5) is 7.80. The second kappa shape index (κ2) is 5.05. The molecule has 1 fully saturated rings. The third-order valence-electron chi connectivity index (χ3n) is 2.82. The van der Waals surface area contributed by atoms with E-state index in [1.54, 1.807) is 24.5 Å². The van der Waals surface area contributed by atoms with Crippen molar-refractivity contribution in [3.8, 4) is 0 Å². The van der Waals surface area contributed by atoms with E-state index in [-0.39, 0.29) is 6.10 Å². The summed E-state index contributed by atoms with van der Waals surface area (Å²) in [6, 6.07) is 0. The summed E-state index contributed by atoms with van der Waals surface area (Å²) in [6.45, 7) is 5.40. The van der Waals surface area contributed by atoms with E-state index in [0.717, 1.165) is 22.9 Å². The van der Waals surface area contributed by atoms with E-state index >= 15 is 0 Å². The number of aliphatic hydroxyl groups is 1. The predicted octanol–water partition coefficient (Wildman–Crippen LogP) is 1.83. The van der Waals surface area contributed by atoms with E-state index in [1.807, 2.05) is 0 Å².